The summed E-state index contributed by atoms with van der Waals surface area (Å²) in [4.78, 5) is 9.25. The first-order chi connectivity index (χ1) is 9.42. The number of benzene rings is 1. The number of anilines is 1. The standard InChI is InChI=1S/C15H13N3S/c1-2-4-12(5-3-1)13-6-15(19-10-13)9-18-14-7-16-11-17-8-14/h1-8,10-11,18H,9H2. The second-order valence-corrected chi connectivity index (χ2v) is 5.14. The van der Waals surface area contributed by atoms with E-state index >= 15 is 0 Å². The third-order valence-corrected chi connectivity index (χ3v) is 3.72. The Morgan fingerprint density at radius 2 is 1.79 bits per heavy atom. The Morgan fingerprint density at radius 3 is 2.58 bits per heavy atom. The van der Waals surface area contributed by atoms with E-state index in [1.165, 1.54) is 22.3 Å². The lowest BCUT2D eigenvalue weighted by Crippen LogP contribution is -1.97. The number of hydrogen-bond donors (Lipinski definition) is 1. The molecule has 3 nitrogen and oxygen atoms in total. The minimum Gasteiger partial charge on any atom is -0.378 e. The van der Waals surface area contributed by atoms with Crippen LogP contribution in [0.15, 0.2) is 60.5 Å². The first-order valence-corrected chi connectivity index (χ1v) is 6.91. The van der Waals surface area contributed by atoms with Crippen LogP contribution in [-0.4, -0.2) is 9.97 Å². The summed E-state index contributed by atoms with van der Waals surface area (Å²) in [5.41, 5.74) is 3.47. The molecule has 3 rings (SSSR count). The van der Waals surface area contributed by atoms with Gasteiger partial charge >= 0.3 is 0 Å². The van der Waals surface area contributed by atoms with Crippen LogP contribution in [0.1, 0.15) is 4.88 Å². The molecule has 0 unspecified atom stereocenters. The number of hydrogen-bond acceptors (Lipinski definition) is 4. The molecule has 3 aromatic rings. The van der Waals surface area contributed by atoms with Gasteiger partial charge in [0, 0.05) is 11.4 Å². The molecule has 0 amide bonds. The highest BCUT2D eigenvalue weighted by Gasteiger charge is 2.02. The molecule has 0 aliphatic rings. The summed E-state index contributed by atoms with van der Waals surface area (Å²) in [5.74, 6) is 0. The Kier molecular flexibility index (Phi) is 3.51. The zero-order valence-electron chi connectivity index (χ0n) is 10.3. The summed E-state index contributed by atoms with van der Waals surface area (Å²) in [5, 5.41) is 5.50. The maximum atomic E-state index is 3.98. The van der Waals surface area contributed by atoms with Gasteiger partial charge in [0.05, 0.1) is 18.1 Å². The molecule has 1 aromatic carbocycles. The molecule has 2 heterocycles. The Balaban J connectivity index is 1.69. The fourth-order valence-corrected chi connectivity index (χ4v) is 2.67. The first-order valence-electron chi connectivity index (χ1n) is 6.03. The quantitative estimate of drug-likeness (QED) is 0.781. The SMILES string of the molecule is c1ccc(-c2csc(CNc3cncnc3)c2)cc1. The van der Waals surface area contributed by atoms with Gasteiger partial charge < -0.3 is 5.32 Å². The highest BCUT2D eigenvalue weighted by atomic mass is 32.1. The van der Waals surface area contributed by atoms with Crippen LogP contribution in [-0.2, 0) is 6.54 Å². The summed E-state index contributed by atoms with van der Waals surface area (Å²) in [6.45, 7) is 0.797. The molecular formula is C15H13N3S. The molecule has 0 radical (unpaired) electrons. The Hall–Kier alpha value is -2.20. The second-order valence-electron chi connectivity index (χ2n) is 4.15. The monoisotopic (exact) mass is 267 g/mol. The molecule has 0 spiro atoms. The molecule has 19 heavy (non-hydrogen) atoms. The lowest BCUT2D eigenvalue weighted by Gasteiger charge is -2.02. The van der Waals surface area contributed by atoms with Crippen LogP contribution < -0.4 is 5.32 Å². The van der Waals surface area contributed by atoms with E-state index in [9.17, 15) is 0 Å². The Bertz CT molecular complexity index is 635. The zero-order valence-corrected chi connectivity index (χ0v) is 11.1. The predicted molar refractivity (Wildman–Crippen MR) is 79.1 cm³/mol. The van der Waals surface area contributed by atoms with E-state index in [1.807, 2.05) is 6.07 Å². The third kappa shape index (κ3) is 2.98. The maximum absolute atomic E-state index is 3.98. The van der Waals surface area contributed by atoms with Crippen LogP contribution in [0, 0.1) is 0 Å². The van der Waals surface area contributed by atoms with E-state index < -0.39 is 0 Å². The van der Waals surface area contributed by atoms with E-state index in [1.54, 1.807) is 23.7 Å². The number of thiophene rings is 1. The van der Waals surface area contributed by atoms with Crippen LogP contribution in [0.5, 0.6) is 0 Å². The van der Waals surface area contributed by atoms with Gasteiger partial charge in [-0.05, 0) is 22.6 Å². The summed E-state index contributed by atoms with van der Waals surface area (Å²) < 4.78 is 0. The fraction of sp³-hybridized carbons (Fsp3) is 0.0667. The van der Waals surface area contributed by atoms with Gasteiger partial charge in [0.1, 0.15) is 6.33 Å². The summed E-state index contributed by atoms with van der Waals surface area (Å²) >= 11 is 1.76. The molecule has 0 bridgehead atoms. The van der Waals surface area contributed by atoms with Crippen molar-refractivity contribution in [3.05, 3.63) is 65.4 Å². The second kappa shape index (κ2) is 5.63. The first kappa shape index (κ1) is 11.9. The fourth-order valence-electron chi connectivity index (χ4n) is 1.83. The van der Waals surface area contributed by atoms with Gasteiger partial charge in [-0.2, -0.15) is 0 Å². The van der Waals surface area contributed by atoms with Crippen molar-refractivity contribution < 1.29 is 0 Å². The molecule has 0 saturated carbocycles. The van der Waals surface area contributed by atoms with E-state index in [-0.39, 0.29) is 0 Å². The molecule has 1 N–H and O–H groups in total. The van der Waals surface area contributed by atoms with Crippen molar-refractivity contribution in [1.29, 1.82) is 0 Å². The largest absolute Gasteiger partial charge is 0.378 e. The molecule has 2 aromatic heterocycles. The van der Waals surface area contributed by atoms with E-state index in [4.69, 9.17) is 0 Å². The minimum atomic E-state index is 0.797. The van der Waals surface area contributed by atoms with Crippen molar-refractivity contribution in [2.24, 2.45) is 0 Å². The lowest BCUT2D eigenvalue weighted by atomic mass is 10.1. The zero-order chi connectivity index (χ0) is 12.9. The van der Waals surface area contributed by atoms with Crippen LogP contribution in [0.25, 0.3) is 11.1 Å². The van der Waals surface area contributed by atoms with Crippen molar-refractivity contribution in [2.75, 3.05) is 5.32 Å². The number of rotatable bonds is 4. The van der Waals surface area contributed by atoms with E-state index in [0.717, 1.165) is 12.2 Å². The number of nitrogens with zero attached hydrogens (tertiary/aromatic N) is 2. The molecule has 0 fully saturated rings. The van der Waals surface area contributed by atoms with Crippen molar-refractivity contribution in [1.82, 2.24) is 9.97 Å². The molecule has 0 aliphatic carbocycles. The lowest BCUT2D eigenvalue weighted by molar-refractivity contribution is 1.12. The topological polar surface area (TPSA) is 37.8 Å². The van der Waals surface area contributed by atoms with Gasteiger partial charge in [-0.3, -0.25) is 0 Å². The highest BCUT2D eigenvalue weighted by molar-refractivity contribution is 7.10. The predicted octanol–water partition coefficient (Wildman–Crippen LogP) is 3.82. The van der Waals surface area contributed by atoms with Crippen LogP contribution in [0.3, 0.4) is 0 Å². The average Bonchev–Trinajstić information content (AvgIpc) is 2.96. The van der Waals surface area contributed by atoms with Gasteiger partial charge in [-0.15, -0.1) is 11.3 Å². The maximum Gasteiger partial charge on any atom is 0.115 e. The summed E-state index contributed by atoms with van der Waals surface area (Å²) in [7, 11) is 0. The molecule has 0 atom stereocenters. The molecule has 94 valence electrons. The molecule has 4 heteroatoms. The van der Waals surface area contributed by atoms with Crippen molar-refractivity contribution >= 4 is 17.0 Å². The van der Waals surface area contributed by atoms with Crippen molar-refractivity contribution in [3.63, 3.8) is 0 Å². The Morgan fingerprint density at radius 1 is 1.00 bits per heavy atom. The highest BCUT2D eigenvalue weighted by Crippen LogP contribution is 2.25. The summed E-state index contributed by atoms with van der Waals surface area (Å²) in [6.07, 6.45) is 5.08. The van der Waals surface area contributed by atoms with Gasteiger partial charge in [0.25, 0.3) is 0 Å². The normalized spacial score (nSPS) is 10.3. The van der Waals surface area contributed by atoms with Gasteiger partial charge in [0.2, 0.25) is 0 Å². The van der Waals surface area contributed by atoms with Crippen LogP contribution in [0.2, 0.25) is 0 Å². The summed E-state index contributed by atoms with van der Waals surface area (Å²) in [6, 6.07) is 12.6. The van der Waals surface area contributed by atoms with Gasteiger partial charge in [-0.1, -0.05) is 30.3 Å². The minimum absolute atomic E-state index is 0.797. The number of nitrogens with one attached hydrogen (secondary N) is 1. The third-order valence-electron chi connectivity index (χ3n) is 2.79. The molecular weight excluding hydrogens is 254 g/mol. The Labute approximate surface area is 116 Å². The van der Waals surface area contributed by atoms with E-state index in [0.29, 0.717) is 0 Å². The van der Waals surface area contributed by atoms with Gasteiger partial charge in [0.15, 0.2) is 0 Å². The van der Waals surface area contributed by atoms with Gasteiger partial charge in [-0.25, -0.2) is 9.97 Å². The smallest absolute Gasteiger partial charge is 0.115 e. The van der Waals surface area contributed by atoms with Crippen LogP contribution in [0.4, 0.5) is 5.69 Å². The number of aromatic nitrogens is 2. The van der Waals surface area contributed by atoms with E-state index in [2.05, 4.69) is 51.0 Å². The van der Waals surface area contributed by atoms with Crippen molar-refractivity contribution in [3.8, 4) is 11.1 Å². The van der Waals surface area contributed by atoms with Crippen LogP contribution >= 0.6 is 11.3 Å². The molecule has 0 aliphatic heterocycles. The molecule has 0 saturated heterocycles. The van der Waals surface area contributed by atoms with Crippen molar-refractivity contribution in [2.45, 2.75) is 6.54 Å². The average molecular weight is 267 g/mol.